The fourth-order valence-electron chi connectivity index (χ4n) is 4.27. The zero-order chi connectivity index (χ0) is 20.7. The second kappa shape index (κ2) is 7.22. The first-order valence-corrected chi connectivity index (χ1v) is 9.93. The van der Waals surface area contributed by atoms with Crippen LogP contribution in [0.3, 0.4) is 0 Å². The number of fused-ring (bicyclic) bond motifs is 2. The number of nitrogens with zero attached hydrogens (tertiary/aromatic N) is 2. The maximum absolute atomic E-state index is 13.2. The van der Waals surface area contributed by atoms with Crippen LogP contribution in [-0.4, -0.2) is 34.5 Å². The molecule has 0 spiro atoms. The second-order valence-electron chi connectivity index (χ2n) is 7.47. The molecule has 6 nitrogen and oxygen atoms in total. The van der Waals surface area contributed by atoms with E-state index in [1.165, 1.54) is 4.90 Å². The maximum atomic E-state index is 13.2. The van der Waals surface area contributed by atoms with Crippen molar-refractivity contribution in [2.75, 3.05) is 10.2 Å². The number of ketones is 2. The maximum Gasteiger partial charge on any atom is 0.277 e. The standard InChI is InChI=1S/C24H19N3O3/c28-22-15-7-1-3-9-17(15)26-18(22)12-13-21-23(29)16-8-2-4-11-20(16)27(21)24(30)19-10-5-6-14-25-19/h1-11,14,18,21,26H,12-13H2. The van der Waals surface area contributed by atoms with Crippen LogP contribution in [0.2, 0.25) is 0 Å². The van der Waals surface area contributed by atoms with E-state index in [9.17, 15) is 14.4 Å². The number of amides is 1. The average Bonchev–Trinajstić information content (AvgIpc) is 3.26. The molecule has 2 aliphatic heterocycles. The van der Waals surface area contributed by atoms with Crippen LogP contribution in [-0.2, 0) is 0 Å². The van der Waals surface area contributed by atoms with Crippen LogP contribution < -0.4 is 10.2 Å². The minimum Gasteiger partial charge on any atom is -0.374 e. The Labute approximate surface area is 173 Å². The largest absolute Gasteiger partial charge is 0.374 e. The quantitative estimate of drug-likeness (QED) is 0.725. The summed E-state index contributed by atoms with van der Waals surface area (Å²) in [7, 11) is 0. The van der Waals surface area contributed by atoms with Gasteiger partial charge in [-0.1, -0.05) is 30.3 Å². The molecule has 148 valence electrons. The monoisotopic (exact) mass is 397 g/mol. The molecule has 1 aromatic heterocycles. The van der Waals surface area contributed by atoms with E-state index >= 15 is 0 Å². The van der Waals surface area contributed by atoms with Gasteiger partial charge in [0.25, 0.3) is 5.91 Å². The summed E-state index contributed by atoms with van der Waals surface area (Å²) in [5.74, 6) is -0.387. The molecule has 5 rings (SSSR count). The lowest BCUT2D eigenvalue weighted by molar-refractivity contribution is 0.0901. The summed E-state index contributed by atoms with van der Waals surface area (Å²) in [5, 5.41) is 3.24. The molecule has 30 heavy (non-hydrogen) atoms. The van der Waals surface area contributed by atoms with E-state index in [1.54, 1.807) is 48.7 Å². The number of rotatable bonds is 4. The van der Waals surface area contributed by atoms with Crippen molar-refractivity contribution in [1.29, 1.82) is 0 Å². The third kappa shape index (κ3) is 2.88. The molecule has 0 saturated heterocycles. The average molecular weight is 397 g/mol. The Bertz CT molecular complexity index is 1160. The summed E-state index contributed by atoms with van der Waals surface area (Å²) in [6, 6.07) is 18.6. The molecule has 2 unspecified atom stereocenters. The van der Waals surface area contributed by atoms with Gasteiger partial charge in [-0.2, -0.15) is 0 Å². The van der Waals surface area contributed by atoms with Crippen molar-refractivity contribution < 1.29 is 14.4 Å². The van der Waals surface area contributed by atoms with Crippen molar-refractivity contribution in [2.45, 2.75) is 24.9 Å². The van der Waals surface area contributed by atoms with Gasteiger partial charge in [0.2, 0.25) is 0 Å². The Kier molecular flexibility index (Phi) is 4.39. The van der Waals surface area contributed by atoms with Crippen LogP contribution in [0.5, 0.6) is 0 Å². The van der Waals surface area contributed by atoms with Crippen LogP contribution in [0, 0.1) is 0 Å². The Hall–Kier alpha value is -3.80. The van der Waals surface area contributed by atoms with Crippen LogP contribution in [0.1, 0.15) is 44.0 Å². The molecule has 0 bridgehead atoms. The molecule has 6 heteroatoms. The lowest BCUT2D eigenvalue weighted by Gasteiger charge is -2.25. The number of carbonyl (C=O) groups is 3. The number of para-hydroxylation sites is 2. The minimum atomic E-state index is -0.657. The summed E-state index contributed by atoms with van der Waals surface area (Å²) in [6.07, 6.45) is 2.39. The highest BCUT2D eigenvalue weighted by Gasteiger charge is 2.42. The van der Waals surface area contributed by atoms with Gasteiger partial charge < -0.3 is 5.32 Å². The number of nitrogens with one attached hydrogen (secondary N) is 1. The molecule has 0 fully saturated rings. The van der Waals surface area contributed by atoms with Crippen molar-refractivity contribution in [3.63, 3.8) is 0 Å². The molecule has 0 radical (unpaired) electrons. The topological polar surface area (TPSA) is 79.4 Å². The molecular weight excluding hydrogens is 378 g/mol. The number of Topliss-reactive ketones (excluding diaryl/α,β-unsaturated/α-hetero) is 2. The van der Waals surface area contributed by atoms with Gasteiger partial charge in [0.15, 0.2) is 11.6 Å². The van der Waals surface area contributed by atoms with Crippen molar-refractivity contribution >= 4 is 28.8 Å². The molecule has 2 aromatic carbocycles. The van der Waals surface area contributed by atoms with E-state index in [0.717, 1.165) is 5.69 Å². The molecule has 3 heterocycles. The summed E-state index contributed by atoms with van der Waals surface area (Å²) in [6.45, 7) is 0. The Balaban J connectivity index is 1.41. The molecule has 3 aromatic rings. The Morgan fingerprint density at radius 2 is 1.60 bits per heavy atom. The highest BCUT2D eigenvalue weighted by atomic mass is 16.2. The number of hydrogen-bond acceptors (Lipinski definition) is 5. The number of anilines is 2. The fraction of sp³-hybridized carbons (Fsp3) is 0.167. The van der Waals surface area contributed by atoms with Crippen molar-refractivity contribution in [3.05, 3.63) is 89.7 Å². The fourth-order valence-corrected chi connectivity index (χ4v) is 4.27. The summed E-state index contributed by atoms with van der Waals surface area (Å²) in [4.78, 5) is 44.8. The molecular formula is C24H19N3O3. The van der Waals surface area contributed by atoms with Crippen LogP contribution in [0.15, 0.2) is 72.9 Å². The molecule has 1 amide bonds. The first-order valence-electron chi connectivity index (χ1n) is 9.93. The van der Waals surface area contributed by atoms with Gasteiger partial charge in [-0.05, 0) is 49.2 Å². The van der Waals surface area contributed by atoms with E-state index in [4.69, 9.17) is 0 Å². The van der Waals surface area contributed by atoms with Gasteiger partial charge in [0.1, 0.15) is 11.7 Å². The van der Waals surface area contributed by atoms with Gasteiger partial charge in [-0.25, -0.2) is 0 Å². The lowest BCUT2D eigenvalue weighted by Crippen LogP contribution is -2.41. The first-order chi connectivity index (χ1) is 14.6. The van der Waals surface area contributed by atoms with E-state index in [0.29, 0.717) is 29.7 Å². The molecule has 2 aliphatic rings. The molecule has 2 atom stereocenters. The predicted octanol–water partition coefficient (Wildman–Crippen LogP) is 3.75. The van der Waals surface area contributed by atoms with Crippen LogP contribution in [0.25, 0.3) is 0 Å². The van der Waals surface area contributed by atoms with Crippen molar-refractivity contribution in [3.8, 4) is 0 Å². The second-order valence-corrected chi connectivity index (χ2v) is 7.47. The molecule has 0 aliphatic carbocycles. The van der Waals surface area contributed by atoms with E-state index in [-0.39, 0.29) is 23.2 Å². The van der Waals surface area contributed by atoms with Crippen LogP contribution >= 0.6 is 0 Å². The molecule has 0 saturated carbocycles. The number of hydrogen-bond donors (Lipinski definition) is 1. The number of carbonyl (C=O) groups excluding carboxylic acids is 3. The first kappa shape index (κ1) is 18.2. The number of pyridine rings is 1. The number of benzene rings is 2. The SMILES string of the molecule is O=C1c2ccccc2NC1CCC1C(=O)c2ccccc2N1C(=O)c1ccccn1. The van der Waals surface area contributed by atoms with E-state index in [2.05, 4.69) is 10.3 Å². The normalized spacial score (nSPS) is 19.4. The smallest absolute Gasteiger partial charge is 0.277 e. The summed E-state index contributed by atoms with van der Waals surface area (Å²) < 4.78 is 0. The highest BCUT2D eigenvalue weighted by molar-refractivity contribution is 6.20. The highest BCUT2D eigenvalue weighted by Crippen LogP contribution is 2.36. The van der Waals surface area contributed by atoms with Gasteiger partial charge in [-0.3, -0.25) is 24.3 Å². The predicted molar refractivity (Wildman–Crippen MR) is 113 cm³/mol. The van der Waals surface area contributed by atoms with Gasteiger partial charge in [0.05, 0.1) is 11.7 Å². The lowest BCUT2D eigenvalue weighted by atomic mass is 9.98. The zero-order valence-electron chi connectivity index (χ0n) is 16.1. The van der Waals surface area contributed by atoms with Gasteiger partial charge >= 0.3 is 0 Å². The van der Waals surface area contributed by atoms with Crippen molar-refractivity contribution in [1.82, 2.24) is 4.98 Å². The summed E-state index contributed by atoms with van der Waals surface area (Å²) in [5.41, 5.74) is 2.90. The van der Waals surface area contributed by atoms with Crippen LogP contribution in [0.4, 0.5) is 11.4 Å². The Morgan fingerprint density at radius 3 is 2.37 bits per heavy atom. The van der Waals surface area contributed by atoms with Gasteiger partial charge in [-0.15, -0.1) is 0 Å². The van der Waals surface area contributed by atoms with Gasteiger partial charge in [0, 0.05) is 23.0 Å². The van der Waals surface area contributed by atoms with E-state index < -0.39 is 12.1 Å². The Morgan fingerprint density at radius 1 is 0.867 bits per heavy atom. The zero-order valence-corrected chi connectivity index (χ0v) is 16.1. The third-order valence-corrected chi connectivity index (χ3v) is 5.71. The minimum absolute atomic E-state index is 0.0242. The molecule has 1 N–H and O–H groups in total. The summed E-state index contributed by atoms with van der Waals surface area (Å²) >= 11 is 0. The van der Waals surface area contributed by atoms with Crippen molar-refractivity contribution in [2.24, 2.45) is 0 Å². The number of aromatic nitrogens is 1. The third-order valence-electron chi connectivity index (χ3n) is 5.71. The van der Waals surface area contributed by atoms with E-state index in [1.807, 2.05) is 24.3 Å².